The van der Waals surface area contributed by atoms with Crippen LogP contribution in [0.1, 0.15) is 27.9 Å². The number of aromatic nitrogens is 1. The fraction of sp³-hybridized carbons (Fsp3) is 0.333. The number of nitrogens with zero attached hydrogens (tertiary/aromatic N) is 1. The van der Waals surface area contributed by atoms with Crippen LogP contribution in [0.3, 0.4) is 0 Å². The molecule has 2 N–H and O–H groups in total. The van der Waals surface area contributed by atoms with Gasteiger partial charge in [0.1, 0.15) is 11.6 Å². The van der Waals surface area contributed by atoms with Crippen molar-refractivity contribution in [1.29, 1.82) is 0 Å². The molecule has 0 saturated heterocycles. The molecular weight excluding hydrogens is 347 g/mol. The lowest BCUT2D eigenvalue weighted by Crippen LogP contribution is -2.26. The molecule has 0 fully saturated rings. The van der Waals surface area contributed by atoms with Gasteiger partial charge in [0.2, 0.25) is 0 Å². The summed E-state index contributed by atoms with van der Waals surface area (Å²) >= 11 is 0. The Labute approximate surface area is 148 Å². The van der Waals surface area contributed by atoms with E-state index in [2.05, 4.69) is 15.6 Å². The van der Waals surface area contributed by atoms with E-state index in [0.717, 1.165) is 30.0 Å². The smallest absolute Gasteiger partial charge is 0.417 e. The number of carbonyl (C=O) groups is 1. The highest BCUT2D eigenvalue weighted by molar-refractivity contribution is 5.94. The lowest BCUT2D eigenvalue weighted by Gasteiger charge is -2.09. The molecule has 1 aliphatic heterocycles. The molecule has 0 spiro atoms. The number of halogens is 3. The van der Waals surface area contributed by atoms with Gasteiger partial charge in [0, 0.05) is 31.3 Å². The molecule has 2 heterocycles. The van der Waals surface area contributed by atoms with Crippen molar-refractivity contribution in [2.45, 2.75) is 19.0 Å². The summed E-state index contributed by atoms with van der Waals surface area (Å²) in [5.74, 6) is 1.03. The van der Waals surface area contributed by atoms with Crippen molar-refractivity contribution in [3.8, 4) is 5.75 Å². The molecule has 0 atom stereocenters. The van der Waals surface area contributed by atoms with Gasteiger partial charge in [-0.2, -0.15) is 13.2 Å². The van der Waals surface area contributed by atoms with E-state index in [0.29, 0.717) is 37.5 Å². The molecule has 1 amide bonds. The van der Waals surface area contributed by atoms with E-state index >= 15 is 0 Å². The molecule has 5 nitrogen and oxygen atoms in total. The molecule has 3 rings (SSSR count). The van der Waals surface area contributed by atoms with Crippen molar-refractivity contribution < 1.29 is 22.7 Å². The van der Waals surface area contributed by atoms with E-state index in [1.807, 2.05) is 6.07 Å². The van der Waals surface area contributed by atoms with E-state index in [1.54, 1.807) is 12.1 Å². The van der Waals surface area contributed by atoms with Crippen molar-refractivity contribution in [3.05, 3.63) is 53.2 Å². The Balaban J connectivity index is 1.39. The molecule has 26 heavy (non-hydrogen) atoms. The molecule has 8 heteroatoms. The Morgan fingerprint density at radius 2 is 2.04 bits per heavy atom. The first-order valence-corrected chi connectivity index (χ1v) is 8.24. The standard InChI is InChI=1S/C18H18F3N3O2/c19-18(20,21)14-3-5-16(24-11-14)22-7-1-8-23-17(25)13-2-4-15-12(10-13)6-9-26-15/h2-5,10-11H,1,6-9H2,(H,22,24)(H,23,25). The average molecular weight is 365 g/mol. The van der Waals surface area contributed by atoms with Gasteiger partial charge in [0.15, 0.2) is 0 Å². The molecule has 0 unspecified atom stereocenters. The van der Waals surface area contributed by atoms with Crippen LogP contribution in [-0.2, 0) is 12.6 Å². The number of ether oxygens (including phenoxy) is 1. The summed E-state index contributed by atoms with van der Waals surface area (Å²) in [6.45, 7) is 1.57. The van der Waals surface area contributed by atoms with E-state index in [9.17, 15) is 18.0 Å². The van der Waals surface area contributed by atoms with Gasteiger partial charge in [-0.25, -0.2) is 4.98 Å². The van der Waals surface area contributed by atoms with Gasteiger partial charge in [-0.3, -0.25) is 4.79 Å². The second-order valence-corrected chi connectivity index (χ2v) is 5.89. The van der Waals surface area contributed by atoms with Crippen LogP contribution in [0, 0.1) is 0 Å². The normalized spacial score (nSPS) is 13.0. The topological polar surface area (TPSA) is 63.2 Å². The van der Waals surface area contributed by atoms with Crippen LogP contribution in [0.4, 0.5) is 19.0 Å². The zero-order chi connectivity index (χ0) is 18.6. The van der Waals surface area contributed by atoms with Crippen LogP contribution < -0.4 is 15.4 Å². The Morgan fingerprint density at radius 3 is 2.77 bits per heavy atom. The highest BCUT2D eigenvalue weighted by Crippen LogP contribution is 2.29. The molecule has 1 aromatic heterocycles. The lowest BCUT2D eigenvalue weighted by atomic mass is 10.1. The molecule has 0 aliphatic carbocycles. The molecule has 0 saturated carbocycles. The van der Waals surface area contributed by atoms with E-state index in [-0.39, 0.29) is 5.91 Å². The quantitative estimate of drug-likeness (QED) is 0.772. The van der Waals surface area contributed by atoms with Crippen molar-refractivity contribution >= 4 is 11.7 Å². The lowest BCUT2D eigenvalue weighted by molar-refractivity contribution is -0.137. The number of carbonyl (C=O) groups excluding carboxylic acids is 1. The van der Waals surface area contributed by atoms with E-state index in [1.165, 1.54) is 6.07 Å². The van der Waals surface area contributed by atoms with E-state index in [4.69, 9.17) is 4.74 Å². The fourth-order valence-electron chi connectivity index (χ4n) is 2.60. The van der Waals surface area contributed by atoms with Crippen molar-refractivity contribution in [3.63, 3.8) is 0 Å². The average Bonchev–Trinajstić information content (AvgIpc) is 3.08. The maximum atomic E-state index is 12.5. The predicted molar refractivity (Wildman–Crippen MR) is 90.3 cm³/mol. The first-order chi connectivity index (χ1) is 12.4. The molecule has 138 valence electrons. The van der Waals surface area contributed by atoms with Gasteiger partial charge < -0.3 is 15.4 Å². The number of benzene rings is 1. The molecule has 1 aromatic carbocycles. The number of fused-ring (bicyclic) bond motifs is 1. The summed E-state index contributed by atoms with van der Waals surface area (Å²) in [6, 6.07) is 7.63. The third kappa shape index (κ3) is 4.44. The van der Waals surface area contributed by atoms with Gasteiger partial charge >= 0.3 is 6.18 Å². The number of anilines is 1. The summed E-state index contributed by atoms with van der Waals surface area (Å²) in [4.78, 5) is 15.8. The number of hydrogen-bond acceptors (Lipinski definition) is 4. The molecule has 0 radical (unpaired) electrons. The van der Waals surface area contributed by atoms with Crippen molar-refractivity contribution in [2.24, 2.45) is 0 Å². The first kappa shape index (κ1) is 18.0. The number of rotatable bonds is 6. The molecular formula is C18H18F3N3O2. The molecule has 2 aromatic rings. The number of pyridine rings is 1. The Morgan fingerprint density at radius 1 is 1.19 bits per heavy atom. The van der Waals surface area contributed by atoms with Crippen LogP contribution in [-0.4, -0.2) is 30.6 Å². The van der Waals surface area contributed by atoms with Crippen molar-refractivity contribution in [2.75, 3.05) is 25.0 Å². The summed E-state index contributed by atoms with van der Waals surface area (Å²) in [6.07, 6.45) is -2.18. The maximum absolute atomic E-state index is 12.5. The SMILES string of the molecule is O=C(NCCCNc1ccc(C(F)(F)F)cn1)c1ccc2c(c1)CCO2. The fourth-order valence-corrected chi connectivity index (χ4v) is 2.60. The van der Waals surface area contributed by atoms with Crippen molar-refractivity contribution in [1.82, 2.24) is 10.3 Å². The first-order valence-electron chi connectivity index (χ1n) is 8.24. The number of alkyl halides is 3. The minimum Gasteiger partial charge on any atom is -0.493 e. The highest BCUT2D eigenvalue weighted by atomic mass is 19.4. The Hall–Kier alpha value is -2.77. The number of nitrogens with one attached hydrogen (secondary N) is 2. The monoisotopic (exact) mass is 365 g/mol. The van der Waals surface area contributed by atoms with Gasteiger partial charge in [-0.05, 0) is 42.3 Å². The summed E-state index contributed by atoms with van der Waals surface area (Å²) in [7, 11) is 0. The van der Waals surface area contributed by atoms with Crippen LogP contribution in [0.2, 0.25) is 0 Å². The van der Waals surface area contributed by atoms with Gasteiger partial charge in [-0.1, -0.05) is 0 Å². The van der Waals surface area contributed by atoms with Gasteiger partial charge in [0.05, 0.1) is 12.2 Å². The third-order valence-corrected chi connectivity index (χ3v) is 3.99. The molecule has 1 aliphatic rings. The van der Waals surface area contributed by atoms with Crippen LogP contribution in [0.25, 0.3) is 0 Å². The number of amides is 1. The third-order valence-electron chi connectivity index (χ3n) is 3.99. The van der Waals surface area contributed by atoms with Crippen LogP contribution >= 0.6 is 0 Å². The Kier molecular flexibility index (Phi) is 5.29. The number of hydrogen-bond donors (Lipinski definition) is 2. The second kappa shape index (κ2) is 7.63. The van der Waals surface area contributed by atoms with E-state index < -0.39 is 11.7 Å². The van der Waals surface area contributed by atoms with Crippen LogP contribution in [0.15, 0.2) is 36.5 Å². The minimum atomic E-state index is -4.39. The largest absolute Gasteiger partial charge is 0.493 e. The zero-order valence-corrected chi connectivity index (χ0v) is 13.9. The summed E-state index contributed by atoms with van der Waals surface area (Å²) in [5, 5.41) is 5.74. The minimum absolute atomic E-state index is 0.160. The van der Waals surface area contributed by atoms with Gasteiger partial charge in [-0.15, -0.1) is 0 Å². The molecule has 0 bridgehead atoms. The van der Waals surface area contributed by atoms with Gasteiger partial charge in [0.25, 0.3) is 5.91 Å². The second-order valence-electron chi connectivity index (χ2n) is 5.89. The predicted octanol–water partition coefficient (Wildman–Crippen LogP) is 3.27. The maximum Gasteiger partial charge on any atom is 0.417 e. The highest BCUT2D eigenvalue weighted by Gasteiger charge is 2.30. The zero-order valence-electron chi connectivity index (χ0n) is 13.9. The summed E-state index contributed by atoms with van der Waals surface area (Å²) in [5.41, 5.74) is 0.842. The van der Waals surface area contributed by atoms with Crippen LogP contribution in [0.5, 0.6) is 5.75 Å². The summed E-state index contributed by atoms with van der Waals surface area (Å²) < 4.78 is 42.8. The Bertz CT molecular complexity index is 776.